The van der Waals surface area contributed by atoms with E-state index in [-0.39, 0.29) is 24.9 Å². The first kappa shape index (κ1) is 18.0. The van der Waals surface area contributed by atoms with Gasteiger partial charge >= 0.3 is 12.0 Å². The molecule has 0 saturated carbocycles. The van der Waals surface area contributed by atoms with E-state index in [1.165, 1.54) is 4.90 Å². The fraction of sp³-hybridized carbons (Fsp3) is 0.667. The summed E-state index contributed by atoms with van der Waals surface area (Å²) in [5.74, 6) is -0.243. The van der Waals surface area contributed by atoms with Crippen LogP contribution in [0, 0.1) is 5.92 Å². The van der Waals surface area contributed by atoms with Crippen molar-refractivity contribution in [3.63, 3.8) is 0 Å². The number of anilines is 1. The third-order valence-electron chi connectivity index (χ3n) is 3.21. The molecule has 1 aromatic rings. The Hall–Kier alpha value is -2.05. The van der Waals surface area contributed by atoms with Gasteiger partial charge in [0.25, 0.3) is 0 Å². The number of nitrogens with zero attached hydrogens (tertiary/aromatic N) is 3. The van der Waals surface area contributed by atoms with Gasteiger partial charge in [0.05, 0.1) is 24.0 Å². The highest BCUT2D eigenvalue weighted by Gasteiger charge is 2.18. The van der Waals surface area contributed by atoms with E-state index < -0.39 is 5.97 Å². The number of amides is 2. The van der Waals surface area contributed by atoms with Crippen molar-refractivity contribution in [3.05, 3.63) is 11.9 Å². The molecule has 0 unspecified atom stereocenters. The van der Waals surface area contributed by atoms with Gasteiger partial charge in [-0.05, 0) is 11.8 Å². The van der Waals surface area contributed by atoms with Crippen LogP contribution in [0.2, 0.25) is 0 Å². The summed E-state index contributed by atoms with van der Waals surface area (Å²) >= 11 is 0. The van der Waals surface area contributed by atoms with Crippen molar-refractivity contribution in [1.82, 2.24) is 14.7 Å². The van der Waals surface area contributed by atoms with Gasteiger partial charge in [0.1, 0.15) is 0 Å². The minimum absolute atomic E-state index is 0.0758. The normalized spacial score (nSPS) is 11.0. The lowest BCUT2D eigenvalue weighted by Gasteiger charge is -2.18. The quantitative estimate of drug-likeness (QED) is 0.810. The Balaban J connectivity index is 2.82. The number of carbonyl (C=O) groups excluding carboxylic acids is 1. The molecule has 22 heavy (non-hydrogen) atoms. The van der Waals surface area contributed by atoms with Crippen molar-refractivity contribution < 1.29 is 14.7 Å². The van der Waals surface area contributed by atoms with Crippen LogP contribution < -0.4 is 5.32 Å². The number of carbonyl (C=O) groups is 2. The molecular weight excluding hydrogens is 284 g/mol. The Morgan fingerprint density at radius 1 is 1.36 bits per heavy atom. The molecule has 1 heterocycles. The molecular formula is C15H26N4O3. The lowest BCUT2D eigenvalue weighted by molar-refractivity contribution is -0.137. The van der Waals surface area contributed by atoms with E-state index in [1.807, 2.05) is 4.68 Å². The summed E-state index contributed by atoms with van der Waals surface area (Å²) in [6.07, 6.45) is 1.58. The van der Waals surface area contributed by atoms with E-state index in [2.05, 4.69) is 38.1 Å². The van der Waals surface area contributed by atoms with Crippen molar-refractivity contribution in [1.29, 1.82) is 0 Å². The fourth-order valence-corrected chi connectivity index (χ4v) is 2.17. The molecule has 7 heteroatoms. The molecule has 0 aliphatic carbocycles. The molecule has 2 amide bonds. The van der Waals surface area contributed by atoms with E-state index in [4.69, 9.17) is 5.11 Å². The lowest BCUT2D eigenvalue weighted by atomic mass is 10.1. The second-order valence-electron chi connectivity index (χ2n) is 6.17. The maximum atomic E-state index is 12.1. The maximum Gasteiger partial charge on any atom is 0.321 e. The smallest absolute Gasteiger partial charge is 0.321 e. The maximum absolute atomic E-state index is 12.1. The Bertz CT molecular complexity index is 523. The SMILES string of the molecule is CC(C)Cn1ncc(NC(=O)N(C)CCC(=O)O)c1C(C)C. The Kier molecular flexibility index (Phi) is 6.39. The first-order valence-corrected chi connectivity index (χ1v) is 7.52. The summed E-state index contributed by atoms with van der Waals surface area (Å²) in [7, 11) is 1.58. The van der Waals surface area contributed by atoms with Gasteiger partial charge in [-0.2, -0.15) is 5.10 Å². The summed E-state index contributed by atoms with van der Waals surface area (Å²) in [6, 6.07) is -0.327. The van der Waals surface area contributed by atoms with Gasteiger partial charge in [0, 0.05) is 20.1 Å². The first-order chi connectivity index (χ1) is 10.2. The molecule has 0 fully saturated rings. The largest absolute Gasteiger partial charge is 0.481 e. The number of carboxylic acids is 1. The lowest BCUT2D eigenvalue weighted by Crippen LogP contribution is -2.33. The van der Waals surface area contributed by atoms with Crippen LogP contribution in [0.25, 0.3) is 0 Å². The number of urea groups is 1. The molecule has 2 N–H and O–H groups in total. The van der Waals surface area contributed by atoms with Gasteiger partial charge in [-0.3, -0.25) is 9.48 Å². The number of rotatable bonds is 7. The van der Waals surface area contributed by atoms with Crippen molar-refractivity contribution >= 4 is 17.7 Å². The molecule has 7 nitrogen and oxygen atoms in total. The second kappa shape index (κ2) is 7.82. The molecule has 0 saturated heterocycles. The summed E-state index contributed by atoms with van der Waals surface area (Å²) in [6.45, 7) is 9.29. The predicted molar refractivity (Wildman–Crippen MR) is 85.1 cm³/mol. The Labute approximate surface area is 131 Å². The highest BCUT2D eigenvalue weighted by Crippen LogP contribution is 2.25. The van der Waals surface area contributed by atoms with E-state index in [0.29, 0.717) is 11.6 Å². The van der Waals surface area contributed by atoms with Gasteiger partial charge in [-0.15, -0.1) is 0 Å². The third-order valence-corrected chi connectivity index (χ3v) is 3.21. The van der Waals surface area contributed by atoms with Gasteiger partial charge in [0.15, 0.2) is 0 Å². The van der Waals surface area contributed by atoms with Crippen molar-refractivity contribution in [2.24, 2.45) is 5.92 Å². The van der Waals surface area contributed by atoms with Gasteiger partial charge < -0.3 is 15.3 Å². The number of aliphatic carboxylic acids is 1. The zero-order valence-electron chi connectivity index (χ0n) is 14.0. The topological polar surface area (TPSA) is 87.5 Å². The molecule has 0 aromatic carbocycles. The molecule has 124 valence electrons. The zero-order valence-corrected chi connectivity index (χ0v) is 14.0. The van der Waals surface area contributed by atoms with Crippen molar-refractivity contribution in [2.45, 2.75) is 46.6 Å². The van der Waals surface area contributed by atoms with Crippen LogP contribution >= 0.6 is 0 Å². The van der Waals surface area contributed by atoms with Gasteiger partial charge in [-0.1, -0.05) is 27.7 Å². The second-order valence-corrected chi connectivity index (χ2v) is 6.17. The average Bonchev–Trinajstić information content (AvgIpc) is 2.77. The van der Waals surface area contributed by atoms with Crippen LogP contribution in [0.3, 0.4) is 0 Å². The number of aromatic nitrogens is 2. The molecule has 1 aromatic heterocycles. The number of hydrogen-bond acceptors (Lipinski definition) is 3. The molecule has 0 atom stereocenters. The van der Waals surface area contributed by atoms with Crippen LogP contribution in [0.1, 0.15) is 45.7 Å². The molecule has 0 radical (unpaired) electrons. The van der Waals surface area contributed by atoms with Gasteiger partial charge in [0.2, 0.25) is 0 Å². The number of hydrogen-bond donors (Lipinski definition) is 2. The highest BCUT2D eigenvalue weighted by atomic mass is 16.4. The Morgan fingerprint density at radius 2 is 2.00 bits per heavy atom. The standard InChI is InChI=1S/C15H26N4O3/c1-10(2)9-19-14(11(3)4)12(8-16-19)17-15(22)18(5)7-6-13(20)21/h8,10-11H,6-7,9H2,1-5H3,(H,17,22)(H,20,21). The highest BCUT2D eigenvalue weighted by molar-refractivity contribution is 5.90. The van der Waals surface area contributed by atoms with E-state index in [0.717, 1.165) is 12.2 Å². The fourth-order valence-electron chi connectivity index (χ4n) is 2.17. The van der Waals surface area contributed by atoms with Crippen LogP contribution in [0.15, 0.2) is 6.20 Å². The third kappa shape index (κ3) is 5.05. The van der Waals surface area contributed by atoms with Crippen LogP contribution in [0.4, 0.5) is 10.5 Å². The summed E-state index contributed by atoms with van der Waals surface area (Å²) in [4.78, 5) is 24.0. The Morgan fingerprint density at radius 3 is 2.50 bits per heavy atom. The molecule has 0 aliphatic heterocycles. The van der Waals surface area contributed by atoms with E-state index in [9.17, 15) is 9.59 Å². The van der Waals surface area contributed by atoms with Crippen LogP contribution in [-0.2, 0) is 11.3 Å². The monoisotopic (exact) mass is 310 g/mol. The minimum Gasteiger partial charge on any atom is -0.481 e. The predicted octanol–water partition coefficient (Wildman–Crippen LogP) is 2.60. The minimum atomic E-state index is -0.924. The van der Waals surface area contributed by atoms with E-state index >= 15 is 0 Å². The number of carboxylic acid groups (broad SMARTS) is 1. The van der Waals surface area contributed by atoms with Crippen molar-refractivity contribution in [2.75, 3.05) is 18.9 Å². The zero-order chi connectivity index (χ0) is 16.9. The summed E-state index contributed by atoms with van der Waals surface area (Å²) in [5, 5.41) is 15.8. The van der Waals surface area contributed by atoms with Crippen LogP contribution in [-0.4, -0.2) is 45.4 Å². The molecule has 1 rings (SSSR count). The summed E-state index contributed by atoms with van der Waals surface area (Å²) < 4.78 is 1.92. The first-order valence-electron chi connectivity index (χ1n) is 7.52. The molecule has 0 spiro atoms. The summed E-state index contributed by atoms with van der Waals surface area (Å²) in [5.41, 5.74) is 1.66. The van der Waals surface area contributed by atoms with Crippen LogP contribution in [0.5, 0.6) is 0 Å². The average molecular weight is 310 g/mol. The van der Waals surface area contributed by atoms with Gasteiger partial charge in [-0.25, -0.2) is 4.79 Å². The molecule has 0 bridgehead atoms. The van der Waals surface area contributed by atoms with Crippen molar-refractivity contribution in [3.8, 4) is 0 Å². The number of nitrogens with one attached hydrogen (secondary N) is 1. The van der Waals surface area contributed by atoms with E-state index in [1.54, 1.807) is 13.2 Å². The molecule has 0 aliphatic rings.